The molecule has 1 saturated heterocycles. The summed E-state index contributed by atoms with van der Waals surface area (Å²) in [5, 5.41) is 11.5. The molecule has 1 fully saturated rings. The van der Waals surface area contributed by atoms with Gasteiger partial charge in [0.15, 0.2) is 0 Å². The number of hydrogen-bond acceptors (Lipinski definition) is 3. The number of nitrogens with one attached hydrogen (secondary N) is 1. The van der Waals surface area contributed by atoms with Gasteiger partial charge in [0.25, 0.3) is 0 Å². The maximum atomic E-state index is 11.9. The summed E-state index contributed by atoms with van der Waals surface area (Å²) in [6.45, 7) is 8.53. The van der Waals surface area contributed by atoms with Crippen molar-refractivity contribution < 1.29 is 19.4 Å². The SMILES string of the molecule is CCC(C)C(C)NC(=O)N1CC(C)(OCC(=O)O)C1. The molecule has 1 heterocycles. The first-order chi connectivity index (χ1) is 8.77. The van der Waals surface area contributed by atoms with Crippen LogP contribution in [-0.2, 0) is 9.53 Å². The molecule has 0 radical (unpaired) electrons. The number of ether oxygens (including phenoxy) is 1. The molecule has 1 rings (SSSR count). The van der Waals surface area contributed by atoms with Crippen LogP contribution in [0.25, 0.3) is 0 Å². The summed E-state index contributed by atoms with van der Waals surface area (Å²) in [6, 6.07) is 0.0218. The van der Waals surface area contributed by atoms with E-state index in [0.717, 1.165) is 6.42 Å². The van der Waals surface area contributed by atoms with E-state index in [9.17, 15) is 9.59 Å². The number of carbonyl (C=O) groups is 2. The molecule has 0 saturated carbocycles. The molecular weight excluding hydrogens is 248 g/mol. The smallest absolute Gasteiger partial charge is 0.329 e. The number of aliphatic carboxylic acids is 1. The van der Waals surface area contributed by atoms with Crippen molar-refractivity contribution in [3.05, 3.63) is 0 Å². The predicted octanol–water partition coefficient (Wildman–Crippen LogP) is 1.31. The second kappa shape index (κ2) is 6.23. The van der Waals surface area contributed by atoms with E-state index < -0.39 is 11.6 Å². The van der Waals surface area contributed by atoms with Crippen LogP contribution in [0.5, 0.6) is 0 Å². The number of urea groups is 1. The molecule has 0 bridgehead atoms. The number of carboxylic acids is 1. The Morgan fingerprint density at radius 1 is 1.42 bits per heavy atom. The fourth-order valence-corrected chi connectivity index (χ4v) is 2.01. The highest BCUT2D eigenvalue weighted by Crippen LogP contribution is 2.24. The third-order valence-corrected chi connectivity index (χ3v) is 3.73. The quantitative estimate of drug-likeness (QED) is 0.764. The lowest BCUT2D eigenvalue weighted by molar-refractivity contribution is -0.159. The minimum absolute atomic E-state index is 0.107. The van der Waals surface area contributed by atoms with Crippen molar-refractivity contribution in [2.75, 3.05) is 19.7 Å². The number of nitrogens with zero attached hydrogens (tertiary/aromatic N) is 1. The predicted molar refractivity (Wildman–Crippen MR) is 71.0 cm³/mol. The Kier molecular flexibility index (Phi) is 5.17. The lowest BCUT2D eigenvalue weighted by atomic mass is 9.96. The summed E-state index contributed by atoms with van der Waals surface area (Å²) in [4.78, 5) is 24.0. The minimum atomic E-state index is -0.991. The standard InChI is InChI=1S/C13H24N2O4/c1-5-9(2)10(3)14-12(18)15-7-13(4,8-15)19-6-11(16)17/h9-10H,5-8H2,1-4H3,(H,14,18)(H,16,17). The van der Waals surface area contributed by atoms with Gasteiger partial charge in [0.2, 0.25) is 0 Å². The molecule has 1 aliphatic rings. The molecule has 0 aliphatic carbocycles. The van der Waals surface area contributed by atoms with Gasteiger partial charge in [-0.2, -0.15) is 0 Å². The van der Waals surface area contributed by atoms with E-state index in [1.165, 1.54) is 0 Å². The van der Waals surface area contributed by atoms with Crippen molar-refractivity contribution >= 4 is 12.0 Å². The third-order valence-electron chi connectivity index (χ3n) is 3.73. The van der Waals surface area contributed by atoms with Gasteiger partial charge in [-0.15, -0.1) is 0 Å². The van der Waals surface area contributed by atoms with E-state index in [-0.39, 0.29) is 18.7 Å². The van der Waals surface area contributed by atoms with E-state index >= 15 is 0 Å². The molecule has 110 valence electrons. The Labute approximate surface area is 114 Å². The Morgan fingerprint density at radius 3 is 2.47 bits per heavy atom. The number of likely N-dealkylation sites (tertiary alicyclic amines) is 1. The molecule has 0 spiro atoms. The van der Waals surface area contributed by atoms with Crippen LogP contribution >= 0.6 is 0 Å². The molecule has 1 aliphatic heterocycles. The first-order valence-electron chi connectivity index (χ1n) is 6.68. The number of hydrogen-bond donors (Lipinski definition) is 2. The van der Waals surface area contributed by atoms with Crippen molar-refractivity contribution in [2.45, 2.75) is 45.8 Å². The fraction of sp³-hybridized carbons (Fsp3) is 0.846. The lowest BCUT2D eigenvalue weighted by Gasteiger charge is -2.47. The first kappa shape index (κ1) is 15.8. The van der Waals surface area contributed by atoms with Gasteiger partial charge >= 0.3 is 12.0 Å². The average molecular weight is 272 g/mol. The molecule has 6 heteroatoms. The maximum Gasteiger partial charge on any atom is 0.329 e. The van der Waals surface area contributed by atoms with Crippen molar-refractivity contribution in [1.82, 2.24) is 10.2 Å². The highest BCUT2D eigenvalue weighted by Gasteiger charge is 2.43. The molecule has 0 aromatic carbocycles. The van der Waals surface area contributed by atoms with Crippen molar-refractivity contribution in [1.29, 1.82) is 0 Å². The van der Waals surface area contributed by atoms with Crippen LogP contribution in [-0.4, -0.2) is 53.3 Å². The third kappa shape index (κ3) is 4.38. The highest BCUT2D eigenvalue weighted by atomic mass is 16.5. The van der Waals surface area contributed by atoms with Gasteiger partial charge < -0.3 is 20.1 Å². The molecule has 6 nitrogen and oxygen atoms in total. The summed E-state index contributed by atoms with van der Waals surface area (Å²) in [5.41, 5.74) is -0.532. The van der Waals surface area contributed by atoms with E-state index in [1.807, 2.05) is 13.8 Å². The zero-order valence-electron chi connectivity index (χ0n) is 12.1. The van der Waals surface area contributed by atoms with Gasteiger partial charge in [0.05, 0.1) is 13.1 Å². The lowest BCUT2D eigenvalue weighted by Crippen LogP contribution is -2.66. The molecule has 2 amide bonds. The summed E-state index contributed by atoms with van der Waals surface area (Å²) in [5.74, 6) is -0.561. The van der Waals surface area contributed by atoms with Crippen LogP contribution in [0.1, 0.15) is 34.1 Å². The van der Waals surface area contributed by atoms with Gasteiger partial charge in [-0.05, 0) is 19.8 Å². The van der Waals surface area contributed by atoms with Crippen LogP contribution in [0.2, 0.25) is 0 Å². The van der Waals surface area contributed by atoms with E-state index in [4.69, 9.17) is 9.84 Å². The van der Waals surface area contributed by atoms with Gasteiger partial charge in [-0.3, -0.25) is 0 Å². The minimum Gasteiger partial charge on any atom is -0.480 e. The van der Waals surface area contributed by atoms with Gasteiger partial charge in [0, 0.05) is 6.04 Å². The first-order valence-corrected chi connectivity index (χ1v) is 6.68. The maximum absolute atomic E-state index is 11.9. The van der Waals surface area contributed by atoms with E-state index in [0.29, 0.717) is 19.0 Å². The van der Waals surface area contributed by atoms with Crippen LogP contribution in [0, 0.1) is 5.92 Å². The van der Waals surface area contributed by atoms with Crippen LogP contribution in [0.15, 0.2) is 0 Å². The summed E-state index contributed by atoms with van der Waals surface area (Å²) in [6.07, 6.45) is 1.01. The topological polar surface area (TPSA) is 78.9 Å². The van der Waals surface area contributed by atoms with Crippen LogP contribution < -0.4 is 5.32 Å². The molecule has 2 atom stereocenters. The van der Waals surface area contributed by atoms with E-state index in [2.05, 4.69) is 19.2 Å². The number of carbonyl (C=O) groups excluding carboxylic acids is 1. The molecule has 0 aromatic heterocycles. The van der Waals surface area contributed by atoms with E-state index in [1.54, 1.807) is 4.90 Å². The Hall–Kier alpha value is -1.30. The Balaban J connectivity index is 2.33. The largest absolute Gasteiger partial charge is 0.480 e. The summed E-state index contributed by atoms with van der Waals surface area (Å²) < 4.78 is 5.26. The van der Waals surface area contributed by atoms with Gasteiger partial charge in [-0.25, -0.2) is 9.59 Å². The Morgan fingerprint density at radius 2 is 2.00 bits per heavy atom. The van der Waals surface area contributed by atoms with Gasteiger partial charge in [0.1, 0.15) is 12.2 Å². The fourth-order valence-electron chi connectivity index (χ4n) is 2.01. The van der Waals surface area contributed by atoms with Crippen molar-refractivity contribution in [3.63, 3.8) is 0 Å². The normalized spacial score (nSPS) is 20.3. The van der Waals surface area contributed by atoms with Crippen LogP contribution in [0.4, 0.5) is 4.79 Å². The van der Waals surface area contributed by atoms with Crippen molar-refractivity contribution in [3.8, 4) is 0 Å². The van der Waals surface area contributed by atoms with Gasteiger partial charge in [-0.1, -0.05) is 20.3 Å². The molecule has 2 unspecified atom stereocenters. The number of amides is 2. The molecule has 0 aromatic rings. The highest BCUT2D eigenvalue weighted by molar-refractivity contribution is 5.76. The number of rotatable bonds is 6. The molecular formula is C13H24N2O4. The van der Waals surface area contributed by atoms with Crippen LogP contribution in [0.3, 0.4) is 0 Å². The number of carboxylic acid groups (broad SMARTS) is 1. The molecule has 19 heavy (non-hydrogen) atoms. The zero-order chi connectivity index (χ0) is 14.6. The summed E-state index contributed by atoms with van der Waals surface area (Å²) >= 11 is 0. The molecule has 2 N–H and O–H groups in total. The zero-order valence-corrected chi connectivity index (χ0v) is 12.1. The average Bonchev–Trinajstić information content (AvgIpc) is 2.31. The second-order valence-electron chi connectivity index (χ2n) is 5.61. The monoisotopic (exact) mass is 272 g/mol. The van der Waals surface area contributed by atoms with Crippen molar-refractivity contribution in [2.24, 2.45) is 5.92 Å². The second-order valence-corrected chi connectivity index (χ2v) is 5.61. The summed E-state index contributed by atoms with van der Waals surface area (Å²) in [7, 11) is 0. The Bertz CT molecular complexity index is 340.